The lowest BCUT2D eigenvalue weighted by Crippen LogP contribution is -2.06. The summed E-state index contributed by atoms with van der Waals surface area (Å²) in [5.41, 5.74) is 1.65. The van der Waals surface area contributed by atoms with Gasteiger partial charge >= 0.3 is 0 Å². The van der Waals surface area contributed by atoms with Crippen molar-refractivity contribution in [2.75, 3.05) is 0 Å². The summed E-state index contributed by atoms with van der Waals surface area (Å²) >= 11 is 0. The highest BCUT2D eigenvalue weighted by Crippen LogP contribution is 2.20. The van der Waals surface area contributed by atoms with Crippen LogP contribution in [0, 0.1) is 5.92 Å². The van der Waals surface area contributed by atoms with Gasteiger partial charge in [0.1, 0.15) is 5.65 Å². The summed E-state index contributed by atoms with van der Waals surface area (Å²) in [6, 6.07) is 3.82. The highest BCUT2D eigenvalue weighted by Gasteiger charge is 2.10. The third-order valence-electron chi connectivity index (χ3n) is 3.08. The molecule has 2 rings (SSSR count). The van der Waals surface area contributed by atoms with E-state index in [-0.39, 0.29) is 0 Å². The van der Waals surface area contributed by atoms with E-state index in [1.807, 2.05) is 18.3 Å². The second-order valence-electron chi connectivity index (χ2n) is 4.62. The van der Waals surface area contributed by atoms with E-state index in [4.69, 9.17) is 0 Å². The zero-order chi connectivity index (χ0) is 12.3. The Bertz CT molecular complexity index is 516. The van der Waals surface area contributed by atoms with Crippen molar-refractivity contribution in [3.8, 4) is 0 Å². The van der Waals surface area contributed by atoms with Gasteiger partial charge in [0, 0.05) is 29.9 Å². The number of aldehydes is 1. The molecule has 2 heterocycles. The maximum Gasteiger partial charge on any atom is 0.152 e. The topological polar surface area (TPSA) is 34.9 Å². The van der Waals surface area contributed by atoms with Crippen LogP contribution in [-0.4, -0.2) is 15.8 Å². The third-order valence-corrected chi connectivity index (χ3v) is 3.08. The lowest BCUT2D eigenvalue weighted by molar-refractivity contribution is 0.112. The molecule has 2 aromatic heterocycles. The molecule has 0 aliphatic carbocycles. The number of aromatic nitrogens is 2. The normalized spacial score (nSPS) is 12.8. The molecule has 17 heavy (non-hydrogen) atoms. The Morgan fingerprint density at radius 1 is 1.53 bits per heavy atom. The van der Waals surface area contributed by atoms with E-state index >= 15 is 0 Å². The molecular formula is C14H18N2O. The Morgan fingerprint density at radius 3 is 3.06 bits per heavy atom. The van der Waals surface area contributed by atoms with Gasteiger partial charge in [-0.3, -0.25) is 4.79 Å². The Hall–Kier alpha value is -1.64. The van der Waals surface area contributed by atoms with Crippen molar-refractivity contribution < 1.29 is 4.79 Å². The van der Waals surface area contributed by atoms with Crippen molar-refractivity contribution in [2.24, 2.45) is 5.92 Å². The van der Waals surface area contributed by atoms with Crippen LogP contribution in [0.15, 0.2) is 24.5 Å². The molecule has 1 atom stereocenters. The van der Waals surface area contributed by atoms with Gasteiger partial charge in [-0.2, -0.15) is 0 Å². The predicted molar refractivity (Wildman–Crippen MR) is 69.2 cm³/mol. The average molecular weight is 230 g/mol. The molecule has 0 amide bonds. The maximum atomic E-state index is 11.0. The predicted octanol–water partition coefficient (Wildman–Crippen LogP) is 3.29. The van der Waals surface area contributed by atoms with Crippen LogP contribution < -0.4 is 0 Å². The fourth-order valence-corrected chi connectivity index (χ4v) is 2.30. The van der Waals surface area contributed by atoms with E-state index in [9.17, 15) is 4.79 Å². The van der Waals surface area contributed by atoms with Gasteiger partial charge in [0.25, 0.3) is 0 Å². The lowest BCUT2D eigenvalue weighted by Gasteiger charge is -2.11. The number of carbonyl (C=O) groups excluding carboxylic acids is 1. The van der Waals surface area contributed by atoms with Crippen molar-refractivity contribution in [3.05, 3.63) is 30.1 Å². The van der Waals surface area contributed by atoms with Crippen LogP contribution in [-0.2, 0) is 6.54 Å². The summed E-state index contributed by atoms with van der Waals surface area (Å²) in [7, 11) is 0. The second kappa shape index (κ2) is 5.13. The van der Waals surface area contributed by atoms with Gasteiger partial charge in [-0.25, -0.2) is 4.98 Å². The molecule has 0 aromatic carbocycles. The minimum absolute atomic E-state index is 0.608. The first-order valence-electron chi connectivity index (χ1n) is 6.15. The monoisotopic (exact) mass is 230 g/mol. The highest BCUT2D eigenvalue weighted by molar-refractivity contribution is 5.95. The molecule has 0 fully saturated rings. The van der Waals surface area contributed by atoms with E-state index in [2.05, 4.69) is 23.4 Å². The molecule has 3 nitrogen and oxygen atoms in total. The van der Waals surface area contributed by atoms with E-state index in [0.29, 0.717) is 5.92 Å². The molecule has 90 valence electrons. The number of fused-ring (bicyclic) bond motifs is 1. The van der Waals surface area contributed by atoms with Crippen LogP contribution in [0.5, 0.6) is 0 Å². The molecular weight excluding hydrogens is 212 g/mol. The lowest BCUT2D eigenvalue weighted by atomic mass is 10.1. The van der Waals surface area contributed by atoms with Crippen molar-refractivity contribution in [1.82, 2.24) is 9.55 Å². The standard InChI is InChI=1S/C14H18N2O/c1-3-5-11(2)8-16-9-12(10-17)13-6-4-7-15-14(13)16/h4,6-7,9-11H,3,5,8H2,1-2H3. The number of hydrogen-bond acceptors (Lipinski definition) is 2. The van der Waals surface area contributed by atoms with E-state index in [0.717, 1.165) is 29.4 Å². The van der Waals surface area contributed by atoms with Crippen molar-refractivity contribution in [2.45, 2.75) is 33.2 Å². The van der Waals surface area contributed by atoms with E-state index in [1.54, 1.807) is 6.20 Å². The molecule has 0 bridgehead atoms. The fraction of sp³-hybridized carbons (Fsp3) is 0.429. The summed E-state index contributed by atoms with van der Waals surface area (Å²) < 4.78 is 2.10. The van der Waals surface area contributed by atoms with Crippen molar-refractivity contribution in [3.63, 3.8) is 0 Å². The molecule has 0 saturated carbocycles. The maximum absolute atomic E-state index is 11.0. The first-order valence-corrected chi connectivity index (χ1v) is 6.15. The van der Waals surface area contributed by atoms with Gasteiger partial charge in [-0.15, -0.1) is 0 Å². The Balaban J connectivity index is 2.37. The molecule has 0 radical (unpaired) electrons. The number of pyridine rings is 1. The van der Waals surface area contributed by atoms with E-state index in [1.165, 1.54) is 12.8 Å². The van der Waals surface area contributed by atoms with Gasteiger partial charge < -0.3 is 4.57 Å². The van der Waals surface area contributed by atoms with Crippen LogP contribution in [0.4, 0.5) is 0 Å². The van der Waals surface area contributed by atoms with Crippen LogP contribution >= 0.6 is 0 Å². The first kappa shape index (κ1) is 11.8. The first-order chi connectivity index (χ1) is 8.26. The van der Waals surface area contributed by atoms with Gasteiger partial charge in [-0.05, 0) is 24.5 Å². The van der Waals surface area contributed by atoms with Gasteiger partial charge in [0.2, 0.25) is 0 Å². The average Bonchev–Trinajstić information content (AvgIpc) is 2.68. The Labute approximate surface area is 101 Å². The largest absolute Gasteiger partial charge is 0.332 e. The van der Waals surface area contributed by atoms with E-state index < -0.39 is 0 Å². The summed E-state index contributed by atoms with van der Waals surface area (Å²) in [5, 5.41) is 0.950. The summed E-state index contributed by atoms with van der Waals surface area (Å²) in [6.45, 7) is 5.35. The van der Waals surface area contributed by atoms with Crippen molar-refractivity contribution in [1.29, 1.82) is 0 Å². The SMILES string of the molecule is CCCC(C)Cn1cc(C=O)c2cccnc21. The zero-order valence-electron chi connectivity index (χ0n) is 10.4. The quantitative estimate of drug-likeness (QED) is 0.739. The summed E-state index contributed by atoms with van der Waals surface area (Å²) in [6.07, 6.45) is 6.98. The Kier molecular flexibility index (Phi) is 3.57. The highest BCUT2D eigenvalue weighted by atomic mass is 16.1. The zero-order valence-corrected chi connectivity index (χ0v) is 10.4. The molecule has 0 aliphatic heterocycles. The smallest absolute Gasteiger partial charge is 0.152 e. The van der Waals surface area contributed by atoms with Gasteiger partial charge in [0.05, 0.1) is 0 Å². The van der Waals surface area contributed by atoms with Gasteiger partial charge in [0.15, 0.2) is 6.29 Å². The minimum Gasteiger partial charge on any atom is -0.332 e. The van der Waals surface area contributed by atoms with Gasteiger partial charge in [-0.1, -0.05) is 20.3 Å². The molecule has 0 saturated heterocycles. The number of carbonyl (C=O) groups is 1. The third kappa shape index (κ3) is 2.38. The van der Waals surface area contributed by atoms with Crippen molar-refractivity contribution >= 4 is 17.3 Å². The number of hydrogen-bond donors (Lipinski definition) is 0. The summed E-state index contributed by atoms with van der Waals surface area (Å²) in [4.78, 5) is 15.4. The van der Waals surface area contributed by atoms with Crippen LogP contribution in [0.3, 0.4) is 0 Å². The Morgan fingerprint density at radius 2 is 2.35 bits per heavy atom. The molecule has 2 aromatic rings. The van der Waals surface area contributed by atoms with Crippen LogP contribution in [0.2, 0.25) is 0 Å². The van der Waals surface area contributed by atoms with Crippen LogP contribution in [0.25, 0.3) is 11.0 Å². The second-order valence-corrected chi connectivity index (χ2v) is 4.62. The number of nitrogens with zero attached hydrogens (tertiary/aromatic N) is 2. The van der Waals surface area contributed by atoms with Crippen LogP contribution in [0.1, 0.15) is 37.0 Å². The molecule has 0 aliphatic rings. The summed E-state index contributed by atoms with van der Waals surface area (Å²) in [5.74, 6) is 0.608. The number of rotatable bonds is 5. The molecule has 1 unspecified atom stereocenters. The molecule has 0 N–H and O–H groups in total. The minimum atomic E-state index is 0.608. The molecule has 3 heteroatoms. The molecule has 0 spiro atoms. The fourth-order valence-electron chi connectivity index (χ4n) is 2.30.